The first-order chi connectivity index (χ1) is 13.6. The molecule has 1 heterocycles. The zero-order valence-electron chi connectivity index (χ0n) is 16.7. The van der Waals surface area contributed by atoms with Gasteiger partial charge in [-0.1, -0.05) is 26.8 Å². The highest BCUT2D eigenvalue weighted by atomic mass is 35.5. The lowest BCUT2D eigenvalue weighted by Gasteiger charge is -2.14. The molecule has 0 atom stereocenters. The zero-order chi connectivity index (χ0) is 21.2. The highest BCUT2D eigenvalue weighted by Crippen LogP contribution is 2.27. The van der Waals surface area contributed by atoms with Crippen molar-refractivity contribution in [3.8, 4) is 5.69 Å². The van der Waals surface area contributed by atoms with Crippen LogP contribution in [0.4, 0.5) is 27.7 Å². The van der Waals surface area contributed by atoms with Crippen molar-refractivity contribution in [3.63, 3.8) is 0 Å². The second-order valence-corrected chi connectivity index (χ2v) is 7.55. The van der Waals surface area contributed by atoms with E-state index in [0.29, 0.717) is 22.9 Å². The standard InChI is InChI=1S/C20H22N6O3.ClH/c1-20(2,3)17-12-18(23-19(27)22-14-9-7-13(21)8-10-14)25(24-17)15-5-4-6-16(11-15)26(28)29;/h4-12H,21H2,1-3H3,(H2,22,23,27);1H. The van der Waals surface area contributed by atoms with Gasteiger partial charge < -0.3 is 11.1 Å². The lowest BCUT2D eigenvalue weighted by Crippen LogP contribution is -2.21. The van der Waals surface area contributed by atoms with E-state index in [-0.39, 0.29) is 23.5 Å². The molecule has 10 heteroatoms. The van der Waals surface area contributed by atoms with Crippen molar-refractivity contribution in [3.05, 3.63) is 70.4 Å². The Morgan fingerprint density at radius 2 is 1.77 bits per heavy atom. The van der Waals surface area contributed by atoms with Gasteiger partial charge in [-0.05, 0) is 30.3 Å². The number of hydrogen-bond acceptors (Lipinski definition) is 5. The van der Waals surface area contributed by atoms with Crippen LogP contribution >= 0.6 is 12.4 Å². The van der Waals surface area contributed by atoms with Crippen LogP contribution in [0.5, 0.6) is 0 Å². The van der Waals surface area contributed by atoms with Gasteiger partial charge in [0, 0.05) is 35.0 Å². The largest absolute Gasteiger partial charge is 0.399 e. The lowest BCUT2D eigenvalue weighted by molar-refractivity contribution is -0.384. The number of anilines is 3. The molecule has 158 valence electrons. The molecule has 0 spiro atoms. The molecule has 3 aromatic rings. The third-order valence-corrected chi connectivity index (χ3v) is 4.17. The summed E-state index contributed by atoms with van der Waals surface area (Å²) in [4.78, 5) is 23.1. The summed E-state index contributed by atoms with van der Waals surface area (Å²) in [6.07, 6.45) is 0. The highest BCUT2D eigenvalue weighted by Gasteiger charge is 2.22. The van der Waals surface area contributed by atoms with E-state index in [1.54, 1.807) is 42.5 Å². The SMILES string of the molecule is CC(C)(C)c1cc(NC(=O)Nc2ccc(N)cc2)n(-c2cccc([N+](=O)[O-])c2)n1.Cl. The van der Waals surface area contributed by atoms with Crippen LogP contribution in [-0.2, 0) is 5.41 Å². The molecule has 2 aromatic carbocycles. The highest BCUT2D eigenvalue weighted by molar-refractivity contribution is 5.99. The van der Waals surface area contributed by atoms with E-state index in [0.717, 1.165) is 5.69 Å². The molecule has 0 saturated carbocycles. The van der Waals surface area contributed by atoms with E-state index in [1.165, 1.54) is 16.8 Å². The Labute approximate surface area is 179 Å². The van der Waals surface area contributed by atoms with Gasteiger partial charge in [0.25, 0.3) is 5.69 Å². The monoisotopic (exact) mass is 430 g/mol. The van der Waals surface area contributed by atoms with Gasteiger partial charge in [0.15, 0.2) is 0 Å². The molecule has 30 heavy (non-hydrogen) atoms. The summed E-state index contributed by atoms with van der Waals surface area (Å²) in [6, 6.07) is 14.1. The van der Waals surface area contributed by atoms with Gasteiger partial charge in [-0.15, -0.1) is 12.4 Å². The fraction of sp³-hybridized carbons (Fsp3) is 0.200. The van der Waals surface area contributed by atoms with Crippen LogP contribution in [0.3, 0.4) is 0 Å². The molecule has 4 N–H and O–H groups in total. The van der Waals surface area contributed by atoms with Crippen LogP contribution in [-0.4, -0.2) is 20.7 Å². The first-order valence-corrected chi connectivity index (χ1v) is 8.92. The number of benzene rings is 2. The number of nitrogen functional groups attached to an aromatic ring is 1. The zero-order valence-corrected chi connectivity index (χ0v) is 17.6. The normalized spacial score (nSPS) is 10.8. The number of nitrogens with two attached hydrogens (primary N) is 1. The second kappa shape index (κ2) is 8.83. The van der Waals surface area contributed by atoms with Crippen LogP contribution < -0.4 is 16.4 Å². The molecular formula is C20H23ClN6O3. The maximum Gasteiger partial charge on any atom is 0.324 e. The van der Waals surface area contributed by atoms with Crippen molar-refractivity contribution in [2.75, 3.05) is 16.4 Å². The number of nitro benzene ring substituents is 1. The van der Waals surface area contributed by atoms with Crippen molar-refractivity contribution in [1.82, 2.24) is 9.78 Å². The summed E-state index contributed by atoms with van der Waals surface area (Å²) < 4.78 is 1.48. The van der Waals surface area contributed by atoms with Crippen LogP contribution in [0.2, 0.25) is 0 Å². The van der Waals surface area contributed by atoms with Gasteiger partial charge in [0.2, 0.25) is 0 Å². The first-order valence-electron chi connectivity index (χ1n) is 8.92. The van der Waals surface area contributed by atoms with Gasteiger partial charge in [-0.2, -0.15) is 5.10 Å². The van der Waals surface area contributed by atoms with E-state index < -0.39 is 11.0 Å². The number of rotatable bonds is 4. The number of nitrogens with zero attached hydrogens (tertiary/aromatic N) is 3. The Morgan fingerprint density at radius 1 is 1.10 bits per heavy atom. The molecule has 0 aliphatic carbocycles. The number of halogens is 1. The fourth-order valence-corrected chi connectivity index (χ4v) is 2.62. The molecule has 2 amide bonds. The number of amides is 2. The van der Waals surface area contributed by atoms with E-state index in [9.17, 15) is 14.9 Å². The van der Waals surface area contributed by atoms with Crippen LogP contribution in [0.1, 0.15) is 26.5 Å². The van der Waals surface area contributed by atoms with Gasteiger partial charge in [0.05, 0.1) is 16.3 Å². The number of non-ortho nitro benzene ring substituents is 1. The number of aromatic nitrogens is 2. The van der Waals surface area contributed by atoms with Crippen LogP contribution in [0.15, 0.2) is 54.6 Å². The third kappa shape index (κ3) is 5.26. The van der Waals surface area contributed by atoms with E-state index in [1.807, 2.05) is 20.8 Å². The number of nitrogens with one attached hydrogen (secondary N) is 2. The summed E-state index contributed by atoms with van der Waals surface area (Å²) in [5, 5.41) is 21.2. The average Bonchev–Trinajstić information content (AvgIpc) is 3.08. The molecule has 0 bridgehead atoms. The molecule has 9 nitrogen and oxygen atoms in total. The van der Waals surface area contributed by atoms with Gasteiger partial charge in [0.1, 0.15) is 5.82 Å². The molecule has 0 fully saturated rings. The number of carbonyl (C=O) groups is 1. The molecule has 0 unspecified atom stereocenters. The Bertz CT molecular complexity index is 1060. The average molecular weight is 431 g/mol. The number of carbonyl (C=O) groups excluding carboxylic acids is 1. The van der Waals surface area contributed by atoms with Crippen molar-refractivity contribution in [2.45, 2.75) is 26.2 Å². The minimum Gasteiger partial charge on any atom is -0.399 e. The van der Waals surface area contributed by atoms with Crippen molar-refractivity contribution in [2.24, 2.45) is 0 Å². The minimum absolute atomic E-state index is 0. The van der Waals surface area contributed by atoms with Crippen molar-refractivity contribution < 1.29 is 9.72 Å². The summed E-state index contributed by atoms with van der Waals surface area (Å²) in [5.41, 5.74) is 7.68. The molecule has 0 radical (unpaired) electrons. The predicted molar refractivity (Wildman–Crippen MR) is 120 cm³/mol. The molecule has 1 aromatic heterocycles. The summed E-state index contributed by atoms with van der Waals surface area (Å²) in [7, 11) is 0. The smallest absolute Gasteiger partial charge is 0.324 e. The lowest BCUT2D eigenvalue weighted by atomic mass is 9.92. The predicted octanol–water partition coefficient (Wildman–Crippen LogP) is 4.73. The first kappa shape index (κ1) is 22.7. The summed E-state index contributed by atoms with van der Waals surface area (Å²) in [6.45, 7) is 5.97. The van der Waals surface area contributed by atoms with E-state index >= 15 is 0 Å². The summed E-state index contributed by atoms with van der Waals surface area (Å²) in [5.74, 6) is 0.392. The number of nitro groups is 1. The molecular weight excluding hydrogens is 408 g/mol. The molecule has 3 rings (SSSR count). The van der Waals surface area contributed by atoms with Crippen molar-refractivity contribution >= 4 is 41.3 Å². The number of urea groups is 1. The Kier molecular flexibility index (Phi) is 6.68. The van der Waals surface area contributed by atoms with Gasteiger partial charge >= 0.3 is 6.03 Å². The third-order valence-electron chi connectivity index (χ3n) is 4.17. The van der Waals surface area contributed by atoms with E-state index in [2.05, 4.69) is 15.7 Å². The molecule has 0 aliphatic rings. The quantitative estimate of drug-likeness (QED) is 0.313. The Hall–Kier alpha value is -3.59. The number of hydrogen-bond donors (Lipinski definition) is 3. The topological polar surface area (TPSA) is 128 Å². The van der Waals surface area contributed by atoms with Crippen LogP contribution in [0.25, 0.3) is 5.69 Å². The van der Waals surface area contributed by atoms with Crippen molar-refractivity contribution in [1.29, 1.82) is 0 Å². The van der Waals surface area contributed by atoms with E-state index in [4.69, 9.17) is 5.73 Å². The van der Waals surface area contributed by atoms with Gasteiger partial charge in [-0.25, -0.2) is 9.48 Å². The van der Waals surface area contributed by atoms with Crippen LogP contribution in [0, 0.1) is 10.1 Å². The summed E-state index contributed by atoms with van der Waals surface area (Å²) >= 11 is 0. The molecule has 0 saturated heterocycles. The maximum absolute atomic E-state index is 12.5. The Morgan fingerprint density at radius 3 is 2.37 bits per heavy atom. The molecule has 0 aliphatic heterocycles. The fourth-order valence-electron chi connectivity index (χ4n) is 2.62. The van der Waals surface area contributed by atoms with Gasteiger partial charge in [-0.3, -0.25) is 15.4 Å². The maximum atomic E-state index is 12.5. The Balaban J connectivity index is 0.00000320. The minimum atomic E-state index is -0.474. The second-order valence-electron chi connectivity index (χ2n) is 7.55.